The van der Waals surface area contributed by atoms with E-state index in [9.17, 15) is 4.79 Å². The van der Waals surface area contributed by atoms with Crippen molar-refractivity contribution in [2.24, 2.45) is 16.2 Å². The number of rotatable bonds is 0. The highest BCUT2D eigenvalue weighted by atomic mass is 16.1. The Morgan fingerprint density at radius 2 is 1.75 bits per heavy atom. The maximum absolute atomic E-state index is 11.9. The molecule has 1 saturated carbocycles. The molecule has 0 aliphatic heterocycles. The molecule has 0 spiro atoms. The predicted octanol–water partition coefficient (Wildman–Crippen LogP) is 4.13. The van der Waals surface area contributed by atoms with Crippen LogP contribution in [-0.4, -0.2) is 5.78 Å². The first-order chi connectivity index (χ1) is 7.22. The molecule has 16 heavy (non-hydrogen) atoms. The molecule has 2 unspecified atom stereocenters. The second-order valence-corrected chi connectivity index (χ2v) is 6.93. The Bertz CT molecular complexity index is 364. The van der Waals surface area contributed by atoms with Gasteiger partial charge in [-0.25, -0.2) is 0 Å². The Morgan fingerprint density at radius 1 is 1.12 bits per heavy atom. The van der Waals surface area contributed by atoms with Crippen LogP contribution >= 0.6 is 0 Å². The predicted molar refractivity (Wildman–Crippen MR) is 67.2 cm³/mol. The number of hydrogen-bond donors (Lipinski definition) is 0. The Kier molecular flexibility index (Phi) is 2.38. The molecular formula is C15H24O. The summed E-state index contributed by atoms with van der Waals surface area (Å²) in [5.74, 6) is 0.359. The smallest absolute Gasteiger partial charge is 0.158 e. The average molecular weight is 220 g/mol. The van der Waals surface area contributed by atoms with Crippen LogP contribution in [0, 0.1) is 16.2 Å². The van der Waals surface area contributed by atoms with Crippen LogP contribution in [0.1, 0.15) is 60.3 Å². The van der Waals surface area contributed by atoms with Gasteiger partial charge in [0.15, 0.2) is 5.78 Å². The third kappa shape index (κ3) is 1.33. The lowest BCUT2D eigenvalue weighted by Crippen LogP contribution is -2.53. The van der Waals surface area contributed by atoms with Gasteiger partial charge in [-0.1, -0.05) is 40.2 Å². The van der Waals surface area contributed by atoms with Crippen molar-refractivity contribution in [1.29, 1.82) is 0 Å². The van der Waals surface area contributed by atoms with Gasteiger partial charge in [-0.05, 0) is 41.6 Å². The van der Waals surface area contributed by atoms with Crippen molar-refractivity contribution < 1.29 is 4.79 Å². The first-order valence-corrected chi connectivity index (χ1v) is 6.45. The van der Waals surface area contributed by atoms with E-state index >= 15 is 0 Å². The molecule has 0 heterocycles. The zero-order chi connectivity index (χ0) is 12.2. The molecule has 0 bridgehead atoms. The summed E-state index contributed by atoms with van der Waals surface area (Å²) in [5.41, 5.74) is 1.64. The molecule has 0 saturated heterocycles. The average Bonchev–Trinajstić information content (AvgIpc) is 2.12. The number of carbonyl (C=O) groups is 1. The van der Waals surface area contributed by atoms with Crippen LogP contribution in [0.4, 0.5) is 0 Å². The zero-order valence-corrected chi connectivity index (χ0v) is 11.3. The summed E-state index contributed by atoms with van der Waals surface area (Å²) in [6, 6.07) is 0. The van der Waals surface area contributed by atoms with E-state index in [-0.39, 0.29) is 10.8 Å². The van der Waals surface area contributed by atoms with Crippen molar-refractivity contribution in [3.63, 3.8) is 0 Å². The highest BCUT2D eigenvalue weighted by Crippen LogP contribution is 2.63. The minimum absolute atomic E-state index is 0.172. The number of fused-ring (bicyclic) bond motifs is 1. The number of ketones is 1. The maximum Gasteiger partial charge on any atom is 0.158 e. The molecule has 0 aromatic carbocycles. The van der Waals surface area contributed by atoms with E-state index < -0.39 is 0 Å². The molecule has 0 radical (unpaired) electrons. The number of carbonyl (C=O) groups excluding carboxylic acids is 1. The van der Waals surface area contributed by atoms with Crippen LogP contribution in [0.2, 0.25) is 0 Å². The van der Waals surface area contributed by atoms with Crippen molar-refractivity contribution in [2.75, 3.05) is 0 Å². The van der Waals surface area contributed by atoms with Gasteiger partial charge in [0, 0.05) is 6.42 Å². The van der Waals surface area contributed by atoms with Crippen LogP contribution in [0.25, 0.3) is 0 Å². The normalized spacial score (nSPS) is 42.6. The summed E-state index contributed by atoms with van der Waals surface area (Å²) in [6.45, 7) is 11.4. The molecule has 0 aromatic rings. The van der Waals surface area contributed by atoms with Gasteiger partial charge in [-0.3, -0.25) is 4.79 Å². The topological polar surface area (TPSA) is 17.1 Å². The van der Waals surface area contributed by atoms with Crippen LogP contribution in [-0.2, 0) is 4.79 Å². The molecule has 1 fully saturated rings. The lowest BCUT2D eigenvalue weighted by molar-refractivity contribution is -0.127. The molecule has 2 atom stereocenters. The molecule has 1 heteroatoms. The van der Waals surface area contributed by atoms with E-state index in [1.54, 1.807) is 0 Å². The molecule has 0 amide bonds. The third-order valence-electron chi connectivity index (χ3n) is 5.69. The van der Waals surface area contributed by atoms with Crippen molar-refractivity contribution >= 4 is 5.78 Å². The van der Waals surface area contributed by atoms with Crippen molar-refractivity contribution in [2.45, 2.75) is 60.3 Å². The summed E-state index contributed by atoms with van der Waals surface area (Å²) >= 11 is 0. The molecule has 0 N–H and O–H groups in total. The van der Waals surface area contributed by atoms with E-state index in [1.807, 2.05) is 6.92 Å². The lowest BCUT2D eigenvalue weighted by Gasteiger charge is -2.59. The Morgan fingerprint density at radius 3 is 2.38 bits per heavy atom. The molecule has 2 aliphatic rings. The second kappa shape index (κ2) is 3.21. The third-order valence-corrected chi connectivity index (χ3v) is 5.69. The number of Topliss-reactive ketones (excluding diaryl/α,β-unsaturated/α-hetero) is 1. The highest BCUT2D eigenvalue weighted by Gasteiger charge is 2.56. The second-order valence-electron chi connectivity index (χ2n) is 6.93. The van der Waals surface area contributed by atoms with Crippen molar-refractivity contribution in [3.8, 4) is 0 Å². The summed E-state index contributed by atoms with van der Waals surface area (Å²) < 4.78 is 0. The van der Waals surface area contributed by atoms with Gasteiger partial charge in [0.05, 0.1) is 0 Å². The van der Waals surface area contributed by atoms with E-state index in [0.717, 1.165) is 12.0 Å². The van der Waals surface area contributed by atoms with Crippen molar-refractivity contribution in [1.82, 2.24) is 0 Å². The van der Waals surface area contributed by atoms with Crippen LogP contribution in [0.5, 0.6) is 0 Å². The molecule has 1 nitrogen and oxygen atoms in total. The molecule has 2 aliphatic carbocycles. The van der Waals surface area contributed by atoms with Gasteiger partial charge in [0.1, 0.15) is 0 Å². The van der Waals surface area contributed by atoms with Crippen LogP contribution < -0.4 is 0 Å². The van der Waals surface area contributed by atoms with Gasteiger partial charge < -0.3 is 0 Å². The molecule has 90 valence electrons. The van der Waals surface area contributed by atoms with Crippen molar-refractivity contribution in [3.05, 3.63) is 11.6 Å². The zero-order valence-electron chi connectivity index (χ0n) is 11.3. The Hall–Kier alpha value is -0.590. The summed E-state index contributed by atoms with van der Waals surface area (Å²) in [7, 11) is 0. The Balaban J connectivity index is 2.56. The fourth-order valence-electron chi connectivity index (χ4n) is 3.91. The van der Waals surface area contributed by atoms with E-state index in [1.165, 1.54) is 19.3 Å². The Labute approximate surface area is 99.3 Å². The fourth-order valence-corrected chi connectivity index (χ4v) is 3.91. The monoisotopic (exact) mass is 220 g/mol. The first-order valence-electron chi connectivity index (χ1n) is 6.45. The van der Waals surface area contributed by atoms with E-state index in [2.05, 4.69) is 33.8 Å². The largest absolute Gasteiger partial charge is 0.295 e. The highest BCUT2D eigenvalue weighted by molar-refractivity contribution is 5.96. The SMILES string of the molecule is CC1=CC2(C)C(C)(C)CCCC2(C)CC1=O. The maximum atomic E-state index is 11.9. The minimum atomic E-state index is 0.172. The van der Waals surface area contributed by atoms with Gasteiger partial charge in [-0.2, -0.15) is 0 Å². The summed E-state index contributed by atoms with van der Waals surface area (Å²) in [6.07, 6.45) is 6.76. The fraction of sp³-hybridized carbons (Fsp3) is 0.800. The standard InChI is InChI=1S/C15H24O/c1-11-9-15(5)13(2,3)7-6-8-14(15,4)10-12(11)16/h9H,6-8,10H2,1-5H3. The molecular weight excluding hydrogens is 196 g/mol. The van der Waals surface area contributed by atoms with Gasteiger partial charge in [0.2, 0.25) is 0 Å². The van der Waals surface area contributed by atoms with Crippen LogP contribution in [0.3, 0.4) is 0 Å². The van der Waals surface area contributed by atoms with E-state index in [4.69, 9.17) is 0 Å². The van der Waals surface area contributed by atoms with E-state index in [0.29, 0.717) is 11.2 Å². The quantitative estimate of drug-likeness (QED) is 0.600. The lowest BCUT2D eigenvalue weighted by atomic mass is 9.44. The summed E-state index contributed by atoms with van der Waals surface area (Å²) in [4.78, 5) is 11.9. The first kappa shape index (κ1) is 11.9. The molecule has 0 aromatic heterocycles. The number of hydrogen-bond acceptors (Lipinski definition) is 1. The minimum Gasteiger partial charge on any atom is -0.295 e. The van der Waals surface area contributed by atoms with Gasteiger partial charge in [-0.15, -0.1) is 0 Å². The molecule has 2 rings (SSSR count). The van der Waals surface area contributed by atoms with Gasteiger partial charge >= 0.3 is 0 Å². The number of allylic oxidation sites excluding steroid dienone is 2. The van der Waals surface area contributed by atoms with Crippen LogP contribution in [0.15, 0.2) is 11.6 Å². The van der Waals surface area contributed by atoms with Gasteiger partial charge in [0.25, 0.3) is 0 Å². The summed E-state index contributed by atoms with van der Waals surface area (Å²) in [5, 5.41) is 0.